The Kier molecular flexibility index (Phi) is 2.58. The highest BCUT2D eigenvalue weighted by atomic mass is 16.4. The maximum atomic E-state index is 9.49. The third kappa shape index (κ3) is 1.66. The van der Waals surface area contributed by atoms with Crippen LogP contribution in [0.15, 0.2) is 72.0 Å². The van der Waals surface area contributed by atoms with E-state index in [1.807, 2.05) is 66.9 Å². The van der Waals surface area contributed by atoms with Crippen molar-refractivity contribution < 1.29 is 5.21 Å². The summed E-state index contributed by atoms with van der Waals surface area (Å²) in [6, 6.07) is 19.6. The molecule has 0 amide bonds. The maximum Gasteiger partial charge on any atom is 0.182 e. The van der Waals surface area contributed by atoms with E-state index >= 15 is 0 Å². The molecule has 5 heteroatoms. The summed E-state index contributed by atoms with van der Waals surface area (Å²) >= 11 is 0. The Morgan fingerprint density at radius 3 is 2.38 bits per heavy atom. The SMILES string of the molecule is ON=C1c2ccccc2-c2c1cccc2-c1nc2ccccn2n1. The van der Waals surface area contributed by atoms with E-state index in [1.54, 1.807) is 4.52 Å². The van der Waals surface area contributed by atoms with E-state index in [1.165, 1.54) is 0 Å². The first-order chi connectivity index (χ1) is 11.9. The zero-order chi connectivity index (χ0) is 16.1. The van der Waals surface area contributed by atoms with Gasteiger partial charge in [0, 0.05) is 28.5 Å². The molecular weight excluding hydrogens is 300 g/mol. The van der Waals surface area contributed by atoms with Crippen LogP contribution in [0.2, 0.25) is 0 Å². The Morgan fingerprint density at radius 1 is 0.792 bits per heavy atom. The first kappa shape index (κ1) is 13.0. The standard InChI is InChI=1S/C19H12N4O/c24-22-18-13-7-2-1-6-12(13)17-14(18)8-5-9-15(17)19-20-16-10-3-4-11-23(16)21-19/h1-11,24H. The monoisotopic (exact) mass is 312 g/mol. The molecule has 0 unspecified atom stereocenters. The van der Waals surface area contributed by atoms with Gasteiger partial charge in [0.15, 0.2) is 11.5 Å². The van der Waals surface area contributed by atoms with E-state index in [4.69, 9.17) is 0 Å². The number of fused-ring (bicyclic) bond motifs is 4. The fraction of sp³-hybridized carbons (Fsp3) is 0. The molecule has 0 atom stereocenters. The minimum atomic E-state index is 0.589. The minimum Gasteiger partial charge on any atom is -0.410 e. The highest BCUT2D eigenvalue weighted by Gasteiger charge is 2.28. The van der Waals surface area contributed by atoms with Gasteiger partial charge in [-0.05, 0) is 17.7 Å². The summed E-state index contributed by atoms with van der Waals surface area (Å²) in [5.41, 5.74) is 6.19. The molecule has 114 valence electrons. The van der Waals surface area contributed by atoms with Gasteiger partial charge in [-0.25, -0.2) is 9.50 Å². The van der Waals surface area contributed by atoms with Crippen molar-refractivity contribution in [3.05, 3.63) is 78.0 Å². The summed E-state index contributed by atoms with van der Waals surface area (Å²) in [7, 11) is 0. The van der Waals surface area contributed by atoms with Gasteiger partial charge >= 0.3 is 0 Å². The van der Waals surface area contributed by atoms with Crippen LogP contribution >= 0.6 is 0 Å². The summed E-state index contributed by atoms with van der Waals surface area (Å²) in [6.07, 6.45) is 1.88. The van der Waals surface area contributed by atoms with Gasteiger partial charge in [-0.15, -0.1) is 5.10 Å². The Hall–Kier alpha value is -3.47. The molecule has 0 saturated carbocycles. The predicted octanol–water partition coefficient (Wildman–Crippen LogP) is 3.60. The molecule has 1 aliphatic rings. The van der Waals surface area contributed by atoms with Crippen LogP contribution in [-0.4, -0.2) is 25.5 Å². The zero-order valence-corrected chi connectivity index (χ0v) is 12.6. The lowest BCUT2D eigenvalue weighted by Gasteiger charge is -2.05. The van der Waals surface area contributed by atoms with E-state index in [9.17, 15) is 5.21 Å². The highest BCUT2D eigenvalue weighted by Crippen LogP contribution is 2.42. The topological polar surface area (TPSA) is 62.8 Å². The number of nitrogens with zero attached hydrogens (tertiary/aromatic N) is 4. The Bertz CT molecular complexity index is 1090. The quantitative estimate of drug-likeness (QED) is 0.380. The van der Waals surface area contributed by atoms with Gasteiger partial charge in [0.25, 0.3) is 0 Å². The molecule has 2 aromatic heterocycles. The molecular formula is C19H12N4O. The normalized spacial score (nSPS) is 14.1. The van der Waals surface area contributed by atoms with Gasteiger partial charge in [0.05, 0.1) is 0 Å². The average Bonchev–Trinajstić information content (AvgIpc) is 3.20. The van der Waals surface area contributed by atoms with Crippen LogP contribution in [0, 0.1) is 0 Å². The van der Waals surface area contributed by atoms with Gasteiger partial charge in [-0.1, -0.05) is 53.7 Å². The molecule has 1 N–H and O–H groups in total. The Balaban J connectivity index is 1.84. The molecule has 2 aromatic carbocycles. The second-order valence-corrected chi connectivity index (χ2v) is 5.66. The maximum absolute atomic E-state index is 9.49. The molecule has 0 bridgehead atoms. The highest BCUT2D eigenvalue weighted by molar-refractivity contribution is 6.25. The summed E-state index contributed by atoms with van der Waals surface area (Å²) in [6.45, 7) is 0. The van der Waals surface area contributed by atoms with Gasteiger partial charge in [0.2, 0.25) is 0 Å². The fourth-order valence-corrected chi connectivity index (χ4v) is 3.33. The van der Waals surface area contributed by atoms with Crippen molar-refractivity contribution in [2.75, 3.05) is 0 Å². The van der Waals surface area contributed by atoms with Crippen LogP contribution in [0.25, 0.3) is 28.2 Å². The number of oxime groups is 1. The number of benzene rings is 2. The molecule has 5 rings (SSSR count). The number of pyridine rings is 1. The molecule has 0 radical (unpaired) electrons. The van der Waals surface area contributed by atoms with Crippen molar-refractivity contribution in [1.82, 2.24) is 14.6 Å². The second-order valence-electron chi connectivity index (χ2n) is 5.66. The number of aromatic nitrogens is 3. The molecule has 1 aliphatic carbocycles. The summed E-state index contributed by atoms with van der Waals surface area (Å²) in [5.74, 6) is 0.659. The van der Waals surface area contributed by atoms with Crippen LogP contribution < -0.4 is 0 Å². The van der Waals surface area contributed by atoms with Crippen LogP contribution in [0.1, 0.15) is 11.1 Å². The lowest BCUT2D eigenvalue weighted by atomic mass is 9.99. The van der Waals surface area contributed by atoms with E-state index in [2.05, 4.69) is 15.2 Å². The molecule has 0 spiro atoms. The average molecular weight is 312 g/mol. The van der Waals surface area contributed by atoms with E-state index in [-0.39, 0.29) is 0 Å². The third-order valence-electron chi connectivity index (χ3n) is 4.35. The van der Waals surface area contributed by atoms with Crippen LogP contribution in [0.3, 0.4) is 0 Å². The van der Waals surface area contributed by atoms with Gasteiger partial charge in [-0.2, -0.15) is 0 Å². The molecule has 0 fully saturated rings. The predicted molar refractivity (Wildman–Crippen MR) is 91.3 cm³/mol. The van der Waals surface area contributed by atoms with Gasteiger partial charge in [0.1, 0.15) is 5.71 Å². The minimum absolute atomic E-state index is 0.589. The molecule has 0 aliphatic heterocycles. The van der Waals surface area contributed by atoms with E-state index in [0.29, 0.717) is 11.5 Å². The van der Waals surface area contributed by atoms with Crippen molar-refractivity contribution in [3.63, 3.8) is 0 Å². The van der Waals surface area contributed by atoms with Crippen molar-refractivity contribution >= 4 is 11.4 Å². The molecule has 4 aromatic rings. The summed E-state index contributed by atoms with van der Waals surface area (Å²) < 4.78 is 1.76. The number of hydrogen-bond acceptors (Lipinski definition) is 4. The van der Waals surface area contributed by atoms with Crippen LogP contribution in [-0.2, 0) is 0 Å². The smallest absolute Gasteiger partial charge is 0.182 e. The summed E-state index contributed by atoms with van der Waals surface area (Å²) in [4.78, 5) is 4.63. The Labute approximate surface area is 137 Å². The summed E-state index contributed by atoms with van der Waals surface area (Å²) in [5, 5.41) is 17.6. The fourth-order valence-electron chi connectivity index (χ4n) is 3.33. The third-order valence-corrected chi connectivity index (χ3v) is 4.35. The lowest BCUT2D eigenvalue weighted by molar-refractivity contribution is 0.320. The van der Waals surface area contributed by atoms with Crippen molar-refractivity contribution in [2.45, 2.75) is 0 Å². The zero-order valence-electron chi connectivity index (χ0n) is 12.6. The molecule has 5 nitrogen and oxygen atoms in total. The second kappa shape index (κ2) is 4.76. The first-order valence-electron chi connectivity index (χ1n) is 7.64. The molecule has 24 heavy (non-hydrogen) atoms. The van der Waals surface area contributed by atoms with Crippen LogP contribution in [0.5, 0.6) is 0 Å². The Morgan fingerprint density at radius 2 is 1.54 bits per heavy atom. The number of rotatable bonds is 1. The molecule has 2 heterocycles. The van der Waals surface area contributed by atoms with Gasteiger partial charge < -0.3 is 5.21 Å². The van der Waals surface area contributed by atoms with Crippen molar-refractivity contribution in [3.8, 4) is 22.5 Å². The molecule has 0 saturated heterocycles. The first-order valence-corrected chi connectivity index (χ1v) is 7.64. The van der Waals surface area contributed by atoms with Crippen molar-refractivity contribution in [2.24, 2.45) is 5.16 Å². The van der Waals surface area contributed by atoms with Crippen LogP contribution in [0.4, 0.5) is 0 Å². The lowest BCUT2D eigenvalue weighted by Crippen LogP contribution is -1.97. The van der Waals surface area contributed by atoms with E-state index < -0.39 is 0 Å². The van der Waals surface area contributed by atoms with E-state index in [0.717, 1.165) is 33.5 Å². The van der Waals surface area contributed by atoms with Crippen molar-refractivity contribution in [1.29, 1.82) is 0 Å². The van der Waals surface area contributed by atoms with Gasteiger partial charge in [-0.3, -0.25) is 0 Å². The number of hydrogen-bond donors (Lipinski definition) is 1. The largest absolute Gasteiger partial charge is 0.410 e.